The topological polar surface area (TPSA) is 105 Å². The predicted octanol–water partition coefficient (Wildman–Crippen LogP) is 2.25. The number of esters is 1. The third-order valence-electron chi connectivity index (χ3n) is 4.79. The number of hydrogen-bond acceptors (Lipinski definition) is 7. The van der Waals surface area contributed by atoms with E-state index in [-0.39, 0.29) is 42.3 Å². The quantitative estimate of drug-likeness (QED) is 0.475. The van der Waals surface area contributed by atoms with Crippen LogP contribution in [0.2, 0.25) is 5.02 Å². The minimum atomic E-state index is -0.671. The van der Waals surface area contributed by atoms with E-state index in [4.69, 9.17) is 21.1 Å². The number of nitrogens with zero attached hydrogens (tertiary/aromatic N) is 1. The molecule has 0 saturated heterocycles. The van der Waals surface area contributed by atoms with Crippen LogP contribution in [-0.2, 0) is 14.3 Å². The number of halogens is 1. The molecule has 0 fully saturated rings. The van der Waals surface area contributed by atoms with Crippen LogP contribution in [0.4, 0.5) is 5.69 Å². The van der Waals surface area contributed by atoms with Crippen molar-refractivity contribution in [3.05, 3.63) is 69.9 Å². The van der Waals surface area contributed by atoms with E-state index in [1.165, 1.54) is 19.1 Å². The van der Waals surface area contributed by atoms with Gasteiger partial charge in [0.15, 0.2) is 5.78 Å². The highest BCUT2D eigenvalue weighted by Crippen LogP contribution is 2.29. The molecule has 8 nitrogen and oxygen atoms in total. The molecule has 3 rings (SSSR count). The second kappa shape index (κ2) is 9.63. The monoisotopic (exact) mass is 444 g/mol. The maximum atomic E-state index is 13.2. The van der Waals surface area contributed by atoms with E-state index in [9.17, 15) is 19.5 Å². The third kappa shape index (κ3) is 4.70. The van der Waals surface area contributed by atoms with Gasteiger partial charge in [-0.25, -0.2) is 4.79 Å². The van der Waals surface area contributed by atoms with Gasteiger partial charge in [-0.3, -0.25) is 9.59 Å². The summed E-state index contributed by atoms with van der Waals surface area (Å²) < 4.78 is 10.0. The van der Waals surface area contributed by atoms with Crippen molar-refractivity contribution in [1.82, 2.24) is 4.90 Å². The van der Waals surface area contributed by atoms with Gasteiger partial charge in [-0.1, -0.05) is 11.6 Å². The van der Waals surface area contributed by atoms with Gasteiger partial charge in [-0.2, -0.15) is 0 Å². The van der Waals surface area contributed by atoms with Crippen LogP contribution < -0.4 is 10.1 Å². The molecule has 0 atom stereocenters. The van der Waals surface area contributed by atoms with E-state index < -0.39 is 11.9 Å². The Kier molecular flexibility index (Phi) is 6.94. The largest absolute Gasteiger partial charge is 0.497 e. The first kappa shape index (κ1) is 22.3. The number of hydrogen-bond donors (Lipinski definition) is 2. The normalized spacial score (nSPS) is 13.4. The summed E-state index contributed by atoms with van der Waals surface area (Å²) >= 11 is 5.92. The zero-order valence-corrected chi connectivity index (χ0v) is 17.7. The molecule has 1 aliphatic heterocycles. The van der Waals surface area contributed by atoms with Crippen molar-refractivity contribution in [2.75, 3.05) is 39.2 Å². The van der Waals surface area contributed by atoms with Gasteiger partial charge >= 0.3 is 5.97 Å². The van der Waals surface area contributed by atoms with Crippen LogP contribution in [0.15, 0.2) is 53.7 Å². The van der Waals surface area contributed by atoms with Gasteiger partial charge < -0.3 is 24.8 Å². The average molecular weight is 445 g/mol. The van der Waals surface area contributed by atoms with Crippen LogP contribution in [-0.4, -0.2) is 61.6 Å². The van der Waals surface area contributed by atoms with E-state index in [0.717, 1.165) is 0 Å². The van der Waals surface area contributed by atoms with Crippen LogP contribution in [0, 0.1) is 0 Å². The van der Waals surface area contributed by atoms with Gasteiger partial charge in [-0.15, -0.1) is 0 Å². The molecule has 1 amide bonds. The fourth-order valence-electron chi connectivity index (χ4n) is 3.19. The van der Waals surface area contributed by atoms with Crippen LogP contribution in [0.5, 0.6) is 5.75 Å². The number of ether oxygens (including phenoxy) is 2. The summed E-state index contributed by atoms with van der Waals surface area (Å²) in [6, 6.07) is 11.2. The number of ketones is 1. The number of aliphatic hydroxyl groups excluding tert-OH is 1. The molecular weight excluding hydrogens is 424 g/mol. The Labute approximate surface area is 184 Å². The molecular formula is C22H21ClN2O6. The highest BCUT2D eigenvalue weighted by atomic mass is 35.5. The summed E-state index contributed by atoms with van der Waals surface area (Å²) in [5, 5.41) is 12.6. The lowest BCUT2D eigenvalue weighted by atomic mass is 10.0. The van der Waals surface area contributed by atoms with Gasteiger partial charge in [0.25, 0.3) is 5.91 Å². The van der Waals surface area contributed by atoms with E-state index in [1.54, 1.807) is 42.5 Å². The van der Waals surface area contributed by atoms with Crippen molar-refractivity contribution >= 4 is 34.9 Å². The summed E-state index contributed by atoms with van der Waals surface area (Å²) in [5.41, 5.74) is 1.06. The first-order chi connectivity index (χ1) is 14.9. The highest BCUT2D eigenvalue weighted by Gasteiger charge is 2.35. The summed E-state index contributed by atoms with van der Waals surface area (Å²) in [4.78, 5) is 39.5. The molecule has 0 saturated carbocycles. The zero-order chi connectivity index (χ0) is 22.5. The van der Waals surface area contributed by atoms with Crippen LogP contribution in [0.1, 0.15) is 15.9 Å². The number of aliphatic hydroxyl groups is 1. The van der Waals surface area contributed by atoms with E-state index in [0.29, 0.717) is 22.0 Å². The first-order valence-electron chi connectivity index (χ1n) is 9.36. The third-order valence-corrected chi connectivity index (χ3v) is 5.04. The number of amides is 1. The molecule has 0 unspecified atom stereocenters. The smallest absolute Gasteiger partial charge is 0.337 e. The maximum Gasteiger partial charge on any atom is 0.337 e. The van der Waals surface area contributed by atoms with Gasteiger partial charge in [0.05, 0.1) is 38.6 Å². The summed E-state index contributed by atoms with van der Waals surface area (Å²) in [7, 11) is 2.69. The van der Waals surface area contributed by atoms with Crippen molar-refractivity contribution in [1.29, 1.82) is 0 Å². The average Bonchev–Trinajstić information content (AvgIpc) is 3.09. The number of nitrogens with one attached hydrogen (secondary N) is 1. The number of carbonyl (C=O) groups excluding carboxylic acids is 3. The predicted molar refractivity (Wildman–Crippen MR) is 114 cm³/mol. The van der Waals surface area contributed by atoms with Gasteiger partial charge in [0, 0.05) is 22.7 Å². The van der Waals surface area contributed by atoms with Crippen LogP contribution in [0.25, 0.3) is 0 Å². The van der Waals surface area contributed by atoms with Crippen LogP contribution in [0.3, 0.4) is 0 Å². The summed E-state index contributed by atoms with van der Waals surface area (Å²) in [6.45, 7) is -0.203. The Bertz CT molecular complexity index is 1050. The van der Waals surface area contributed by atoms with Crippen molar-refractivity contribution in [2.24, 2.45) is 0 Å². The van der Waals surface area contributed by atoms with Crippen molar-refractivity contribution in [3.63, 3.8) is 0 Å². The van der Waals surface area contributed by atoms with E-state index >= 15 is 0 Å². The molecule has 0 aromatic heterocycles. The lowest BCUT2D eigenvalue weighted by Gasteiger charge is -2.16. The standard InChI is InChI=1S/C22H21ClN2O6/c1-30-15-7-8-18(16(11-15)20(27)13-3-5-14(23)6-4-13)24-19-17(22(29)31-2)12-25(9-10-26)21(19)28/h3-8,11,24,26H,9-10,12H2,1-2H3. The van der Waals surface area contributed by atoms with Crippen molar-refractivity contribution in [3.8, 4) is 5.75 Å². The Morgan fingerprint density at radius 2 is 1.87 bits per heavy atom. The van der Waals surface area contributed by atoms with Gasteiger partial charge in [0.2, 0.25) is 0 Å². The summed E-state index contributed by atoms with van der Waals surface area (Å²) in [6.07, 6.45) is 0. The van der Waals surface area contributed by atoms with E-state index in [2.05, 4.69) is 5.32 Å². The molecule has 31 heavy (non-hydrogen) atoms. The highest BCUT2D eigenvalue weighted by molar-refractivity contribution is 6.30. The number of carbonyl (C=O) groups is 3. The van der Waals surface area contributed by atoms with Gasteiger partial charge in [0.1, 0.15) is 11.4 Å². The Balaban J connectivity index is 2.03. The maximum absolute atomic E-state index is 13.2. The molecule has 0 bridgehead atoms. The first-order valence-corrected chi connectivity index (χ1v) is 9.74. The Morgan fingerprint density at radius 1 is 1.16 bits per heavy atom. The number of methoxy groups -OCH3 is 2. The minimum absolute atomic E-state index is 0.00405. The lowest BCUT2D eigenvalue weighted by Crippen LogP contribution is -2.31. The number of anilines is 1. The Morgan fingerprint density at radius 3 is 2.48 bits per heavy atom. The molecule has 2 aromatic carbocycles. The fraction of sp³-hybridized carbons (Fsp3) is 0.227. The molecule has 0 radical (unpaired) electrons. The molecule has 0 aliphatic carbocycles. The molecule has 0 spiro atoms. The molecule has 2 aromatic rings. The fourth-order valence-corrected chi connectivity index (χ4v) is 3.31. The molecule has 1 heterocycles. The SMILES string of the molecule is COC(=O)C1=C(Nc2ccc(OC)cc2C(=O)c2ccc(Cl)cc2)C(=O)N(CCO)C1. The molecule has 2 N–H and O–H groups in total. The van der Waals surface area contributed by atoms with E-state index in [1.807, 2.05) is 0 Å². The molecule has 162 valence electrons. The molecule has 1 aliphatic rings. The van der Waals surface area contributed by atoms with Gasteiger partial charge in [-0.05, 0) is 42.5 Å². The van der Waals surface area contributed by atoms with Crippen molar-refractivity contribution < 1.29 is 29.0 Å². The summed E-state index contributed by atoms with van der Waals surface area (Å²) in [5.74, 6) is -1.02. The van der Waals surface area contributed by atoms with Crippen LogP contribution >= 0.6 is 11.6 Å². The number of benzene rings is 2. The minimum Gasteiger partial charge on any atom is -0.497 e. The lowest BCUT2D eigenvalue weighted by molar-refractivity contribution is -0.136. The molecule has 9 heteroatoms. The number of rotatable bonds is 8. The van der Waals surface area contributed by atoms with Crippen molar-refractivity contribution in [2.45, 2.75) is 0 Å². The second-order valence-electron chi connectivity index (χ2n) is 6.67. The second-order valence-corrected chi connectivity index (χ2v) is 7.10. The Hall–Kier alpha value is -3.36. The number of β-amino-alcohol motifs (C(OH)–C–C–N with tert-alkyl or cyclic N) is 1. The zero-order valence-electron chi connectivity index (χ0n) is 17.0.